The summed E-state index contributed by atoms with van der Waals surface area (Å²) < 4.78 is 0. The summed E-state index contributed by atoms with van der Waals surface area (Å²) in [6, 6.07) is 14.4. The number of benzene rings is 2. The molecule has 2 aromatic rings. The molecule has 1 N–H and O–H groups in total. The van der Waals surface area contributed by atoms with E-state index in [1.165, 1.54) is 10.8 Å². The largest absolute Gasteiger partial charge is 0.355 e. The SMILES string of the molecule is CCN(CC)CCNC(=O)Cc1ccc2ccccc2c1. The number of hydrogen-bond donors (Lipinski definition) is 1. The molecule has 0 aliphatic rings. The average molecular weight is 284 g/mol. The van der Waals surface area contributed by atoms with Crippen molar-refractivity contribution in [2.24, 2.45) is 0 Å². The number of amides is 1. The highest BCUT2D eigenvalue weighted by Gasteiger charge is 2.05. The first-order chi connectivity index (χ1) is 10.2. The Morgan fingerprint density at radius 1 is 1.05 bits per heavy atom. The van der Waals surface area contributed by atoms with E-state index in [0.717, 1.165) is 25.2 Å². The number of carbonyl (C=O) groups excluding carboxylic acids is 1. The van der Waals surface area contributed by atoms with Crippen LogP contribution in [0.25, 0.3) is 10.8 Å². The Bertz CT molecular complexity index is 591. The summed E-state index contributed by atoms with van der Waals surface area (Å²) in [5, 5.41) is 5.40. The zero-order valence-corrected chi connectivity index (χ0v) is 12.9. The predicted molar refractivity (Wildman–Crippen MR) is 88.4 cm³/mol. The van der Waals surface area contributed by atoms with Crippen molar-refractivity contribution >= 4 is 16.7 Å². The van der Waals surface area contributed by atoms with Crippen LogP contribution in [0.4, 0.5) is 0 Å². The van der Waals surface area contributed by atoms with Crippen LogP contribution >= 0.6 is 0 Å². The molecule has 0 aliphatic carbocycles. The highest BCUT2D eigenvalue weighted by atomic mass is 16.1. The Morgan fingerprint density at radius 3 is 2.48 bits per heavy atom. The molecule has 0 saturated carbocycles. The molecule has 0 fully saturated rings. The first-order valence-corrected chi connectivity index (χ1v) is 7.69. The number of hydrogen-bond acceptors (Lipinski definition) is 2. The summed E-state index contributed by atoms with van der Waals surface area (Å²) in [5.74, 6) is 0.0948. The van der Waals surface area contributed by atoms with E-state index in [1.807, 2.05) is 18.2 Å². The third-order valence-corrected chi connectivity index (χ3v) is 3.82. The van der Waals surface area contributed by atoms with Gasteiger partial charge in [0.2, 0.25) is 5.91 Å². The molecule has 112 valence electrons. The quantitative estimate of drug-likeness (QED) is 0.848. The van der Waals surface area contributed by atoms with Crippen LogP contribution in [0.3, 0.4) is 0 Å². The lowest BCUT2D eigenvalue weighted by molar-refractivity contribution is -0.120. The van der Waals surface area contributed by atoms with E-state index in [-0.39, 0.29) is 5.91 Å². The second kappa shape index (κ2) is 7.79. The van der Waals surface area contributed by atoms with Crippen molar-refractivity contribution in [1.82, 2.24) is 10.2 Å². The molecule has 2 aromatic carbocycles. The third-order valence-electron chi connectivity index (χ3n) is 3.82. The number of rotatable bonds is 7. The first-order valence-electron chi connectivity index (χ1n) is 7.69. The number of likely N-dealkylation sites (N-methyl/N-ethyl adjacent to an activating group) is 1. The van der Waals surface area contributed by atoms with Gasteiger partial charge < -0.3 is 10.2 Å². The molecule has 0 spiro atoms. The smallest absolute Gasteiger partial charge is 0.224 e. The fourth-order valence-corrected chi connectivity index (χ4v) is 2.49. The minimum Gasteiger partial charge on any atom is -0.355 e. The lowest BCUT2D eigenvalue weighted by Gasteiger charge is -2.17. The summed E-state index contributed by atoms with van der Waals surface area (Å²) >= 11 is 0. The maximum Gasteiger partial charge on any atom is 0.224 e. The molecule has 1 amide bonds. The van der Waals surface area contributed by atoms with Crippen LogP contribution in [-0.2, 0) is 11.2 Å². The molecule has 0 aromatic heterocycles. The van der Waals surface area contributed by atoms with E-state index >= 15 is 0 Å². The van der Waals surface area contributed by atoms with E-state index in [1.54, 1.807) is 0 Å². The maximum atomic E-state index is 12.0. The summed E-state index contributed by atoms with van der Waals surface area (Å²) in [6.45, 7) is 7.96. The van der Waals surface area contributed by atoms with Crippen LogP contribution in [0, 0.1) is 0 Å². The molecule has 0 bridgehead atoms. The van der Waals surface area contributed by atoms with Crippen molar-refractivity contribution in [3.8, 4) is 0 Å². The van der Waals surface area contributed by atoms with Crippen molar-refractivity contribution in [2.45, 2.75) is 20.3 Å². The zero-order valence-electron chi connectivity index (χ0n) is 12.9. The molecule has 3 heteroatoms. The van der Waals surface area contributed by atoms with Gasteiger partial charge in [-0.1, -0.05) is 56.3 Å². The van der Waals surface area contributed by atoms with Gasteiger partial charge in [0.25, 0.3) is 0 Å². The van der Waals surface area contributed by atoms with Crippen molar-refractivity contribution < 1.29 is 4.79 Å². The predicted octanol–water partition coefficient (Wildman–Crippen LogP) is 2.84. The van der Waals surface area contributed by atoms with Gasteiger partial charge in [-0.15, -0.1) is 0 Å². The molecule has 0 unspecified atom stereocenters. The fourth-order valence-electron chi connectivity index (χ4n) is 2.49. The van der Waals surface area contributed by atoms with Gasteiger partial charge in [-0.2, -0.15) is 0 Å². The van der Waals surface area contributed by atoms with Crippen molar-refractivity contribution in [3.63, 3.8) is 0 Å². The molecule has 0 saturated heterocycles. The van der Waals surface area contributed by atoms with Gasteiger partial charge >= 0.3 is 0 Å². The summed E-state index contributed by atoms with van der Waals surface area (Å²) in [4.78, 5) is 14.3. The van der Waals surface area contributed by atoms with E-state index in [2.05, 4.69) is 48.3 Å². The molecule has 0 heterocycles. The number of nitrogens with one attached hydrogen (secondary N) is 1. The van der Waals surface area contributed by atoms with Gasteiger partial charge in [-0.05, 0) is 29.4 Å². The second-order valence-corrected chi connectivity index (χ2v) is 5.24. The van der Waals surface area contributed by atoms with E-state index in [0.29, 0.717) is 13.0 Å². The monoisotopic (exact) mass is 284 g/mol. The molecule has 0 aliphatic heterocycles. The molecule has 3 nitrogen and oxygen atoms in total. The van der Waals surface area contributed by atoms with Crippen LogP contribution in [0.1, 0.15) is 19.4 Å². The fraction of sp³-hybridized carbons (Fsp3) is 0.389. The van der Waals surface area contributed by atoms with Crippen molar-refractivity contribution in [2.75, 3.05) is 26.2 Å². The van der Waals surface area contributed by atoms with Crippen LogP contribution in [0.5, 0.6) is 0 Å². The number of carbonyl (C=O) groups is 1. The van der Waals surface area contributed by atoms with Crippen LogP contribution in [-0.4, -0.2) is 37.0 Å². The lowest BCUT2D eigenvalue weighted by Crippen LogP contribution is -2.35. The molecular formula is C18H24N2O. The molecule has 21 heavy (non-hydrogen) atoms. The molecule has 2 rings (SSSR count). The minimum absolute atomic E-state index is 0.0948. The number of fused-ring (bicyclic) bond motifs is 1. The Kier molecular flexibility index (Phi) is 5.76. The average Bonchev–Trinajstić information content (AvgIpc) is 2.51. The van der Waals surface area contributed by atoms with Gasteiger partial charge in [0.05, 0.1) is 6.42 Å². The van der Waals surface area contributed by atoms with E-state index in [9.17, 15) is 4.79 Å². The summed E-state index contributed by atoms with van der Waals surface area (Å²) in [6.07, 6.45) is 0.448. The molecule has 0 radical (unpaired) electrons. The zero-order chi connectivity index (χ0) is 15.1. The summed E-state index contributed by atoms with van der Waals surface area (Å²) in [7, 11) is 0. The Morgan fingerprint density at radius 2 is 1.76 bits per heavy atom. The van der Waals surface area contributed by atoms with Gasteiger partial charge in [0.1, 0.15) is 0 Å². The molecular weight excluding hydrogens is 260 g/mol. The van der Waals surface area contributed by atoms with E-state index < -0.39 is 0 Å². The minimum atomic E-state index is 0.0948. The van der Waals surface area contributed by atoms with Crippen LogP contribution in [0.15, 0.2) is 42.5 Å². The van der Waals surface area contributed by atoms with Gasteiger partial charge in [-0.25, -0.2) is 0 Å². The first kappa shape index (κ1) is 15.5. The normalized spacial score (nSPS) is 11.0. The Balaban J connectivity index is 1.86. The second-order valence-electron chi connectivity index (χ2n) is 5.24. The molecule has 0 atom stereocenters. The Hall–Kier alpha value is -1.87. The highest BCUT2D eigenvalue weighted by Crippen LogP contribution is 2.15. The topological polar surface area (TPSA) is 32.3 Å². The van der Waals surface area contributed by atoms with Gasteiger partial charge in [0, 0.05) is 13.1 Å². The highest BCUT2D eigenvalue weighted by molar-refractivity contribution is 5.85. The third kappa shape index (κ3) is 4.57. The van der Waals surface area contributed by atoms with Crippen LogP contribution in [0.2, 0.25) is 0 Å². The van der Waals surface area contributed by atoms with Crippen LogP contribution < -0.4 is 5.32 Å². The van der Waals surface area contributed by atoms with Gasteiger partial charge in [0.15, 0.2) is 0 Å². The summed E-state index contributed by atoms with van der Waals surface area (Å²) in [5.41, 5.74) is 1.06. The Labute approximate surface area is 127 Å². The van der Waals surface area contributed by atoms with Crippen molar-refractivity contribution in [3.05, 3.63) is 48.0 Å². The lowest BCUT2D eigenvalue weighted by atomic mass is 10.1. The van der Waals surface area contributed by atoms with E-state index in [4.69, 9.17) is 0 Å². The number of nitrogens with zero attached hydrogens (tertiary/aromatic N) is 1. The maximum absolute atomic E-state index is 12.0. The van der Waals surface area contributed by atoms with Crippen molar-refractivity contribution in [1.29, 1.82) is 0 Å². The van der Waals surface area contributed by atoms with Gasteiger partial charge in [-0.3, -0.25) is 4.79 Å². The standard InChI is InChI=1S/C18H24N2O/c1-3-20(4-2)12-11-19-18(21)14-15-9-10-16-7-5-6-8-17(16)13-15/h5-10,13H,3-4,11-12,14H2,1-2H3,(H,19,21).